The molecule has 2 heteroatoms. The molecule has 2 rings (SSSR count). The lowest BCUT2D eigenvalue weighted by Gasteiger charge is -2.36. The van der Waals surface area contributed by atoms with Crippen LogP contribution < -0.4 is 4.90 Å². The van der Waals surface area contributed by atoms with Crippen LogP contribution in [0.25, 0.3) is 0 Å². The molecule has 0 amide bonds. The minimum Gasteiger partial charge on any atom is -0.396 e. The lowest BCUT2D eigenvalue weighted by Crippen LogP contribution is -2.35. The summed E-state index contributed by atoms with van der Waals surface area (Å²) in [5, 5.41) is 9.04. The Bertz CT molecular complexity index is 400. The summed E-state index contributed by atoms with van der Waals surface area (Å²) in [6.07, 6.45) is 3.38. The molecular weight excluding hydrogens is 234 g/mol. The average molecular weight is 261 g/mol. The van der Waals surface area contributed by atoms with E-state index in [1.807, 2.05) is 0 Å². The molecule has 1 heterocycles. The van der Waals surface area contributed by atoms with Crippen molar-refractivity contribution in [3.8, 4) is 0 Å². The van der Waals surface area contributed by atoms with Gasteiger partial charge in [-0.1, -0.05) is 39.0 Å². The van der Waals surface area contributed by atoms with Crippen LogP contribution >= 0.6 is 0 Å². The Labute approximate surface area is 117 Å². The van der Waals surface area contributed by atoms with E-state index in [4.69, 9.17) is 5.11 Å². The number of para-hydroxylation sites is 1. The largest absolute Gasteiger partial charge is 0.396 e. The normalized spacial score (nSPS) is 17.8. The second-order valence-corrected chi connectivity index (χ2v) is 6.71. The lowest BCUT2D eigenvalue weighted by molar-refractivity contribution is 0.240. The van der Waals surface area contributed by atoms with Crippen LogP contribution in [0.1, 0.15) is 45.6 Å². The molecule has 0 unspecified atom stereocenters. The number of hydrogen-bond donors (Lipinski definition) is 1. The van der Waals surface area contributed by atoms with Crippen LogP contribution in [0.2, 0.25) is 0 Å². The third kappa shape index (κ3) is 3.50. The fourth-order valence-corrected chi connectivity index (χ4v) is 3.03. The second-order valence-electron chi connectivity index (χ2n) is 6.71. The average Bonchev–Trinajstić information content (AvgIpc) is 2.39. The molecule has 1 saturated heterocycles. The highest BCUT2D eigenvalue weighted by molar-refractivity contribution is 5.56. The van der Waals surface area contributed by atoms with Crippen molar-refractivity contribution in [3.05, 3.63) is 29.8 Å². The molecule has 1 aliphatic rings. The molecule has 0 aliphatic carbocycles. The number of nitrogens with zero attached hydrogens (tertiary/aromatic N) is 1. The minimum absolute atomic E-state index is 0.193. The summed E-state index contributed by atoms with van der Waals surface area (Å²) in [7, 11) is 0. The molecule has 1 N–H and O–H groups in total. The van der Waals surface area contributed by atoms with Crippen LogP contribution in [-0.2, 0) is 5.41 Å². The fourth-order valence-electron chi connectivity index (χ4n) is 3.03. The molecule has 1 aromatic carbocycles. The van der Waals surface area contributed by atoms with Gasteiger partial charge in [0.15, 0.2) is 0 Å². The van der Waals surface area contributed by atoms with Crippen LogP contribution in [0, 0.1) is 5.92 Å². The zero-order chi connectivity index (χ0) is 13.9. The molecule has 0 atom stereocenters. The van der Waals surface area contributed by atoms with E-state index in [1.54, 1.807) is 0 Å². The number of anilines is 1. The van der Waals surface area contributed by atoms with Gasteiger partial charge in [-0.25, -0.2) is 0 Å². The first-order chi connectivity index (χ1) is 9.02. The molecule has 1 fully saturated rings. The van der Waals surface area contributed by atoms with Gasteiger partial charge in [0, 0.05) is 25.4 Å². The van der Waals surface area contributed by atoms with E-state index in [2.05, 4.69) is 49.9 Å². The van der Waals surface area contributed by atoms with Crippen molar-refractivity contribution in [2.75, 3.05) is 24.6 Å². The molecule has 19 heavy (non-hydrogen) atoms. The number of hydrogen-bond acceptors (Lipinski definition) is 2. The van der Waals surface area contributed by atoms with E-state index in [1.165, 1.54) is 24.1 Å². The Balaban J connectivity index is 2.12. The van der Waals surface area contributed by atoms with E-state index in [9.17, 15) is 0 Å². The minimum atomic E-state index is 0.193. The SMILES string of the molecule is CC(C)(C)c1ccccc1N1CCC(CCO)CC1. The van der Waals surface area contributed by atoms with Gasteiger partial charge in [0.25, 0.3) is 0 Å². The maximum absolute atomic E-state index is 9.04. The molecule has 1 aromatic rings. The highest BCUT2D eigenvalue weighted by atomic mass is 16.3. The van der Waals surface area contributed by atoms with Crippen molar-refractivity contribution in [1.29, 1.82) is 0 Å². The topological polar surface area (TPSA) is 23.5 Å². The number of aliphatic hydroxyl groups is 1. The first-order valence-electron chi connectivity index (χ1n) is 7.47. The third-order valence-electron chi connectivity index (χ3n) is 4.20. The highest BCUT2D eigenvalue weighted by Gasteiger charge is 2.24. The predicted molar refractivity (Wildman–Crippen MR) is 81.8 cm³/mol. The molecule has 0 saturated carbocycles. The first kappa shape index (κ1) is 14.4. The molecule has 0 spiro atoms. The van der Waals surface area contributed by atoms with Crippen LogP contribution in [0.4, 0.5) is 5.69 Å². The summed E-state index contributed by atoms with van der Waals surface area (Å²) in [6, 6.07) is 8.80. The van der Waals surface area contributed by atoms with Crippen LogP contribution in [0.5, 0.6) is 0 Å². The molecule has 1 aliphatic heterocycles. The van der Waals surface area contributed by atoms with Gasteiger partial charge in [0.05, 0.1) is 0 Å². The summed E-state index contributed by atoms with van der Waals surface area (Å²) in [5.74, 6) is 0.711. The smallest absolute Gasteiger partial charge is 0.0433 e. The van der Waals surface area contributed by atoms with Gasteiger partial charge >= 0.3 is 0 Å². The van der Waals surface area contributed by atoms with Gasteiger partial charge in [-0.3, -0.25) is 0 Å². The summed E-state index contributed by atoms with van der Waals surface area (Å²) >= 11 is 0. The number of rotatable bonds is 3. The van der Waals surface area contributed by atoms with Gasteiger partial charge in [0.1, 0.15) is 0 Å². The summed E-state index contributed by atoms with van der Waals surface area (Å²) in [5.41, 5.74) is 3.03. The lowest BCUT2D eigenvalue weighted by atomic mass is 9.84. The van der Waals surface area contributed by atoms with Gasteiger partial charge in [0.2, 0.25) is 0 Å². The number of piperidine rings is 1. The van der Waals surface area contributed by atoms with Crippen molar-refractivity contribution < 1.29 is 5.11 Å². The zero-order valence-corrected chi connectivity index (χ0v) is 12.5. The number of aliphatic hydroxyl groups excluding tert-OH is 1. The van der Waals surface area contributed by atoms with Crippen molar-refractivity contribution >= 4 is 5.69 Å². The molecule has 0 bridgehead atoms. The third-order valence-corrected chi connectivity index (χ3v) is 4.20. The molecule has 0 radical (unpaired) electrons. The van der Waals surface area contributed by atoms with Gasteiger partial charge in [-0.2, -0.15) is 0 Å². The Morgan fingerprint density at radius 3 is 2.37 bits per heavy atom. The van der Waals surface area contributed by atoms with Crippen LogP contribution in [-0.4, -0.2) is 24.8 Å². The maximum Gasteiger partial charge on any atom is 0.0433 e. The molecular formula is C17H27NO. The van der Waals surface area contributed by atoms with Crippen molar-refractivity contribution in [1.82, 2.24) is 0 Å². The standard InChI is InChI=1S/C17H27NO/c1-17(2,3)15-6-4-5-7-16(15)18-11-8-14(9-12-18)10-13-19/h4-7,14,19H,8-13H2,1-3H3. The second kappa shape index (κ2) is 5.96. The van der Waals surface area contributed by atoms with Gasteiger partial charge in [-0.05, 0) is 42.2 Å². The number of benzene rings is 1. The Hall–Kier alpha value is -1.02. The highest BCUT2D eigenvalue weighted by Crippen LogP contribution is 2.34. The van der Waals surface area contributed by atoms with Gasteiger partial charge < -0.3 is 10.0 Å². The van der Waals surface area contributed by atoms with E-state index < -0.39 is 0 Å². The van der Waals surface area contributed by atoms with Gasteiger partial charge in [-0.15, -0.1) is 0 Å². The maximum atomic E-state index is 9.04. The first-order valence-corrected chi connectivity index (χ1v) is 7.47. The Kier molecular flexibility index (Phi) is 4.51. The van der Waals surface area contributed by atoms with Crippen molar-refractivity contribution in [2.45, 2.75) is 45.4 Å². The summed E-state index contributed by atoms with van der Waals surface area (Å²) in [6.45, 7) is 9.43. The van der Waals surface area contributed by atoms with Crippen molar-refractivity contribution in [2.24, 2.45) is 5.92 Å². The zero-order valence-electron chi connectivity index (χ0n) is 12.5. The summed E-state index contributed by atoms with van der Waals surface area (Å²) in [4.78, 5) is 2.52. The Morgan fingerprint density at radius 1 is 1.16 bits per heavy atom. The van der Waals surface area contributed by atoms with Crippen LogP contribution in [0.3, 0.4) is 0 Å². The summed E-state index contributed by atoms with van der Waals surface area (Å²) < 4.78 is 0. The van der Waals surface area contributed by atoms with Crippen LogP contribution in [0.15, 0.2) is 24.3 Å². The molecule has 0 aromatic heterocycles. The monoisotopic (exact) mass is 261 g/mol. The fraction of sp³-hybridized carbons (Fsp3) is 0.647. The Morgan fingerprint density at radius 2 is 1.79 bits per heavy atom. The predicted octanol–water partition coefficient (Wildman–Crippen LogP) is 3.58. The van der Waals surface area contributed by atoms with E-state index in [0.717, 1.165) is 19.5 Å². The van der Waals surface area contributed by atoms with E-state index in [0.29, 0.717) is 12.5 Å². The van der Waals surface area contributed by atoms with Crippen molar-refractivity contribution in [3.63, 3.8) is 0 Å². The molecule has 2 nitrogen and oxygen atoms in total. The van der Waals surface area contributed by atoms with E-state index >= 15 is 0 Å². The van der Waals surface area contributed by atoms with E-state index in [-0.39, 0.29) is 5.41 Å². The molecule has 106 valence electrons. The quantitative estimate of drug-likeness (QED) is 0.899.